The Labute approximate surface area is 86.0 Å². The first-order chi connectivity index (χ1) is 6.15. The molecule has 0 saturated heterocycles. The fraction of sp³-hybridized carbons (Fsp3) is 0.222. The van der Waals surface area contributed by atoms with Gasteiger partial charge >= 0.3 is 0 Å². The molecule has 0 unspecified atom stereocenters. The van der Waals surface area contributed by atoms with E-state index in [4.69, 9.17) is 11.5 Å². The second-order valence-electron chi connectivity index (χ2n) is 2.64. The lowest BCUT2D eigenvalue weighted by atomic mass is 10.2. The first-order valence-electron chi connectivity index (χ1n) is 4.02. The zero-order valence-corrected chi connectivity index (χ0v) is 9.01. The molecule has 70 valence electrons. The van der Waals surface area contributed by atoms with Crippen molar-refractivity contribution in [3.63, 3.8) is 0 Å². The third-order valence-electron chi connectivity index (χ3n) is 1.72. The van der Waals surface area contributed by atoms with Crippen LogP contribution in [0.4, 0.5) is 0 Å². The summed E-state index contributed by atoms with van der Waals surface area (Å²) in [5, 5.41) is 0. The van der Waals surface area contributed by atoms with E-state index in [1.165, 1.54) is 0 Å². The fourth-order valence-electron chi connectivity index (χ4n) is 0.913. The molecule has 0 radical (unpaired) electrons. The minimum Gasteiger partial charge on any atom is -0.400 e. The van der Waals surface area contributed by atoms with Gasteiger partial charge in [-0.05, 0) is 34.5 Å². The third kappa shape index (κ3) is 2.45. The molecule has 0 amide bonds. The fourth-order valence-corrected chi connectivity index (χ4v) is 1.26. The van der Waals surface area contributed by atoms with Crippen LogP contribution in [0.1, 0.15) is 19.0 Å². The van der Waals surface area contributed by atoms with Crippen LogP contribution in [0.5, 0.6) is 0 Å². The molecule has 1 aromatic heterocycles. The Morgan fingerprint density at radius 2 is 2.15 bits per heavy atom. The van der Waals surface area contributed by atoms with Crippen LogP contribution < -0.4 is 11.5 Å². The zero-order valence-electron chi connectivity index (χ0n) is 7.42. The first-order valence-corrected chi connectivity index (χ1v) is 4.81. The largest absolute Gasteiger partial charge is 0.400 e. The lowest BCUT2D eigenvalue weighted by Gasteiger charge is -2.04. The van der Waals surface area contributed by atoms with E-state index in [2.05, 4.69) is 20.9 Å². The predicted octanol–water partition coefficient (Wildman–Crippen LogP) is 1.84. The van der Waals surface area contributed by atoms with Crippen LogP contribution in [-0.4, -0.2) is 4.98 Å². The minimum absolute atomic E-state index is 0.559. The van der Waals surface area contributed by atoms with Crippen LogP contribution in [-0.2, 0) is 0 Å². The Balaban J connectivity index is 3.08. The summed E-state index contributed by atoms with van der Waals surface area (Å²) in [6, 6.07) is 5.56. The van der Waals surface area contributed by atoms with Gasteiger partial charge in [-0.3, -0.25) is 0 Å². The standard InChI is InChI=1S/C9H12BrN3/c1-2-6(11)9(12)7-4-3-5-8(10)13-7/h3-5H,2,11-12H2,1H3. The average Bonchev–Trinajstić information content (AvgIpc) is 2.15. The van der Waals surface area contributed by atoms with Gasteiger partial charge in [0, 0.05) is 5.70 Å². The number of halogens is 1. The Morgan fingerprint density at radius 1 is 1.46 bits per heavy atom. The maximum atomic E-state index is 5.79. The molecule has 1 aromatic rings. The zero-order chi connectivity index (χ0) is 9.84. The maximum absolute atomic E-state index is 5.79. The van der Waals surface area contributed by atoms with Gasteiger partial charge in [0.05, 0.1) is 11.4 Å². The van der Waals surface area contributed by atoms with Crippen molar-refractivity contribution in [2.45, 2.75) is 13.3 Å². The van der Waals surface area contributed by atoms with Crippen LogP contribution in [0.25, 0.3) is 5.70 Å². The van der Waals surface area contributed by atoms with Crippen molar-refractivity contribution in [2.24, 2.45) is 11.5 Å². The van der Waals surface area contributed by atoms with Crippen molar-refractivity contribution in [3.8, 4) is 0 Å². The minimum atomic E-state index is 0.559. The highest BCUT2D eigenvalue weighted by molar-refractivity contribution is 9.10. The van der Waals surface area contributed by atoms with Crippen LogP contribution in [0.3, 0.4) is 0 Å². The Kier molecular flexibility index (Phi) is 3.31. The van der Waals surface area contributed by atoms with Crippen molar-refractivity contribution in [3.05, 3.63) is 34.2 Å². The van der Waals surface area contributed by atoms with Gasteiger partial charge in [-0.25, -0.2) is 4.98 Å². The second-order valence-corrected chi connectivity index (χ2v) is 3.45. The molecule has 13 heavy (non-hydrogen) atoms. The van der Waals surface area contributed by atoms with Crippen molar-refractivity contribution in [1.29, 1.82) is 0 Å². The molecule has 4 heteroatoms. The number of hydrogen-bond acceptors (Lipinski definition) is 3. The second kappa shape index (κ2) is 4.28. The monoisotopic (exact) mass is 241 g/mol. The van der Waals surface area contributed by atoms with Gasteiger partial charge in [-0.2, -0.15) is 0 Å². The quantitative estimate of drug-likeness (QED) is 0.777. The molecule has 1 heterocycles. The van der Waals surface area contributed by atoms with Crippen LogP contribution >= 0.6 is 15.9 Å². The summed E-state index contributed by atoms with van der Waals surface area (Å²) in [7, 11) is 0. The van der Waals surface area contributed by atoms with E-state index >= 15 is 0 Å². The molecule has 0 aliphatic heterocycles. The van der Waals surface area contributed by atoms with Gasteiger partial charge in [0.25, 0.3) is 0 Å². The summed E-state index contributed by atoms with van der Waals surface area (Å²) in [4.78, 5) is 4.20. The lowest BCUT2D eigenvalue weighted by Crippen LogP contribution is -2.09. The lowest BCUT2D eigenvalue weighted by molar-refractivity contribution is 1.05. The number of hydrogen-bond donors (Lipinski definition) is 2. The molecule has 0 aliphatic carbocycles. The number of pyridine rings is 1. The molecule has 0 aliphatic rings. The van der Waals surface area contributed by atoms with Gasteiger partial charge < -0.3 is 11.5 Å². The maximum Gasteiger partial charge on any atom is 0.106 e. The van der Waals surface area contributed by atoms with E-state index < -0.39 is 0 Å². The van der Waals surface area contributed by atoms with E-state index in [9.17, 15) is 0 Å². The van der Waals surface area contributed by atoms with Crippen molar-refractivity contribution in [2.75, 3.05) is 0 Å². The molecule has 0 fully saturated rings. The number of aromatic nitrogens is 1. The third-order valence-corrected chi connectivity index (χ3v) is 2.16. The molecule has 0 atom stereocenters. The normalized spacial score (nSPS) is 12.5. The highest BCUT2D eigenvalue weighted by atomic mass is 79.9. The molecule has 3 nitrogen and oxygen atoms in total. The SMILES string of the molecule is CCC(N)=C(N)c1cccc(Br)n1. The topological polar surface area (TPSA) is 64.9 Å². The molecule has 0 aromatic carbocycles. The molecule has 4 N–H and O–H groups in total. The van der Waals surface area contributed by atoms with Gasteiger partial charge in [-0.1, -0.05) is 13.0 Å². The van der Waals surface area contributed by atoms with E-state index in [0.717, 1.165) is 11.0 Å². The smallest absolute Gasteiger partial charge is 0.106 e. The van der Waals surface area contributed by atoms with Gasteiger partial charge in [0.1, 0.15) is 4.60 Å². The molecule has 1 rings (SSSR count). The Hall–Kier alpha value is -1.03. The summed E-state index contributed by atoms with van der Waals surface area (Å²) < 4.78 is 0.761. The predicted molar refractivity (Wildman–Crippen MR) is 57.5 cm³/mol. The molecular weight excluding hydrogens is 230 g/mol. The summed E-state index contributed by atoms with van der Waals surface area (Å²) in [5.74, 6) is 0. The van der Waals surface area contributed by atoms with Crippen LogP contribution in [0.15, 0.2) is 28.5 Å². The number of allylic oxidation sites excluding steroid dienone is 1. The van der Waals surface area contributed by atoms with Gasteiger partial charge in [0.15, 0.2) is 0 Å². The van der Waals surface area contributed by atoms with Gasteiger partial charge in [-0.15, -0.1) is 0 Å². The number of rotatable bonds is 2. The van der Waals surface area contributed by atoms with Crippen molar-refractivity contribution in [1.82, 2.24) is 4.98 Å². The molecular formula is C9H12BrN3. The van der Waals surface area contributed by atoms with Crippen LogP contribution in [0.2, 0.25) is 0 Å². The summed E-state index contributed by atoms with van der Waals surface area (Å²) in [5.41, 5.74) is 13.4. The van der Waals surface area contributed by atoms with E-state index in [0.29, 0.717) is 17.1 Å². The van der Waals surface area contributed by atoms with Crippen molar-refractivity contribution >= 4 is 21.6 Å². The Morgan fingerprint density at radius 3 is 2.69 bits per heavy atom. The highest BCUT2D eigenvalue weighted by Crippen LogP contribution is 2.13. The van der Waals surface area contributed by atoms with E-state index in [1.807, 2.05) is 25.1 Å². The molecule has 0 spiro atoms. The molecule has 0 saturated carbocycles. The average molecular weight is 242 g/mol. The van der Waals surface area contributed by atoms with E-state index in [1.54, 1.807) is 0 Å². The summed E-state index contributed by atoms with van der Waals surface area (Å²) >= 11 is 3.27. The molecule has 0 bridgehead atoms. The number of nitrogens with two attached hydrogens (primary N) is 2. The Bertz CT molecular complexity index is 333. The summed E-state index contributed by atoms with van der Waals surface area (Å²) in [6.45, 7) is 1.96. The van der Waals surface area contributed by atoms with E-state index in [-0.39, 0.29) is 0 Å². The number of nitrogens with zero attached hydrogens (tertiary/aromatic N) is 1. The van der Waals surface area contributed by atoms with Gasteiger partial charge in [0.2, 0.25) is 0 Å². The van der Waals surface area contributed by atoms with Crippen molar-refractivity contribution < 1.29 is 0 Å². The summed E-state index contributed by atoms with van der Waals surface area (Å²) in [6.07, 6.45) is 0.736. The van der Waals surface area contributed by atoms with Crippen LogP contribution in [0, 0.1) is 0 Å². The first kappa shape index (κ1) is 10.1. The highest BCUT2D eigenvalue weighted by Gasteiger charge is 2.02.